The normalized spacial score (nSPS) is 21.0. The van der Waals surface area contributed by atoms with Crippen molar-refractivity contribution in [2.75, 3.05) is 24.1 Å². The van der Waals surface area contributed by atoms with Gasteiger partial charge in [0.1, 0.15) is 11.5 Å². The van der Waals surface area contributed by atoms with Crippen molar-refractivity contribution < 1.29 is 19.1 Å². The average Bonchev–Trinajstić information content (AvgIpc) is 3.22. The minimum absolute atomic E-state index is 0.383. The van der Waals surface area contributed by atoms with Gasteiger partial charge in [-0.3, -0.25) is 9.59 Å². The summed E-state index contributed by atoms with van der Waals surface area (Å²) in [7, 11) is 3.02. The fraction of sp³-hybridized carbons (Fsp3) is 0.263. The second-order valence-electron chi connectivity index (χ2n) is 6.36. The zero-order valence-electron chi connectivity index (χ0n) is 15.1. The number of aryl methyl sites for hydroxylation is 1. The van der Waals surface area contributed by atoms with Crippen LogP contribution in [-0.4, -0.2) is 38.1 Å². The monoisotopic (exact) mass is 366 g/mol. The van der Waals surface area contributed by atoms with Crippen LogP contribution in [0.3, 0.4) is 0 Å². The largest absolute Gasteiger partial charge is 0.497 e. The Morgan fingerprint density at radius 3 is 2.11 bits per heavy atom. The lowest BCUT2D eigenvalue weighted by Crippen LogP contribution is -2.39. The predicted octanol–water partition coefficient (Wildman–Crippen LogP) is 2.51. The van der Waals surface area contributed by atoms with Crippen LogP contribution in [0.4, 0.5) is 11.4 Å². The molecule has 27 heavy (non-hydrogen) atoms. The van der Waals surface area contributed by atoms with Crippen LogP contribution in [0.25, 0.3) is 0 Å². The number of ether oxygens (including phenoxy) is 2. The SMILES string of the molecule is COc1cc(OC)cc(N2C(=O)[C@@H]3[C@@H](N=NN3c3ccc(C)cc3)C2=O)c1. The third-order valence-corrected chi connectivity index (χ3v) is 4.67. The zero-order chi connectivity index (χ0) is 19.1. The van der Waals surface area contributed by atoms with Crippen molar-refractivity contribution in [3.8, 4) is 11.5 Å². The zero-order valence-corrected chi connectivity index (χ0v) is 15.1. The van der Waals surface area contributed by atoms with Crippen LogP contribution < -0.4 is 19.4 Å². The first-order chi connectivity index (χ1) is 13.0. The molecule has 0 bridgehead atoms. The van der Waals surface area contributed by atoms with E-state index in [1.807, 2.05) is 31.2 Å². The number of anilines is 2. The van der Waals surface area contributed by atoms with Crippen molar-refractivity contribution in [1.29, 1.82) is 0 Å². The van der Waals surface area contributed by atoms with E-state index < -0.39 is 18.0 Å². The Kier molecular flexibility index (Phi) is 4.02. The Morgan fingerprint density at radius 2 is 1.52 bits per heavy atom. The van der Waals surface area contributed by atoms with Crippen molar-refractivity contribution in [2.24, 2.45) is 10.3 Å². The number of nitrogens with zero attached hydrogens (tertiary/aromatic N) is 4. The molecule has 8 heteroatoms. The maximum Gasteiger partial charge on any atom is 0.263 e. The first-order valence-electron chi connectivity index (χ1n) is 8.41. The van der Waals surface area contributed by atoms with Crippen LogP contribution in [-0.2, 0) is 9.59 Å². The minimum atomic E-state index is -0.865. The van der Waals surface area contributed by atoms with Crippen LogP contribution in [0.1, 0.15) is 5.56 Å². The number of methoxy groups -OCH3 is 2. The van der Waals surface area contributed by atoms with Crippen molar-refractivity contribution in [2.45, 2.75) is 19.0 Å². The maximum atomic E-state index is 13.1. The van der Waals surface area contributed by atoms with Crippen LogP contribution in [0.2, 0.25) is 0 Å². The molecule has 0 radical (unpaired) electrons. The van der Waals surface area contributed by atoms with Gasteiger partial charge in [0.05, 0.1) is 25.6 Å². The Hall–Kier alpha value is -3.42. The van der Waals surface area contributed by atoms with Crippen molar-refractivity contribution >= 4 is 23.2 Å². The lowest BCUT2D eigenvalue weighted by atomic mass is 10.1. The van der Waals surface area contributed by atoms with Gasteiger partial charge in [-0.15, -0.1) is 0 Å². The van der Waals surface area contributed by atoms with E-state index in [1.54, 1.807) is 18.2 Å². The molecule has 2 aliphatic rings. The van der Waals surface area contributed by atoms with Gasteiger partial charge in [0.15, 0.2) is 12.1 Å². The topological polar surface area (TPSA) is 83.8 Å². The van der Waals surface area contributed by atoms with Gasteiger partial charge in [0.25, 0.3) is 11.8 Å². The molecule has 138 valence electrons. The molecule has 2 aliphatic heterocycles. The molecule has 2 atom stereocenters. The van der Waals surface area contributed by atoms with Gasteiger partial charge >= 0.3 is 0 Å². The summed E-state index contributed by atoms with van der Waals surface area (Å²) in [6.07, 6.45) is 0. The van der Waals surface area contributed by atoms with E-state index in [2.05, 4.69) is 10.3 Å². The highest BCUT2D eigenvalue weighted by molar-refractivity contribution is 6.26. The number of imide groups is 1. The maximum absolute atomic E-state index is 13.1. The third-order valence-electron chi connectivity index (χ3n) is 4.67. The highest BCUT2D eigenvalue weighted by Gasteiger charge is 2.55. The lowest BCUT2D eigenvalue weighted by molar-refractivity contribution is -0.121. The molecule has 0 saturated carbocycles. The molecule has 0 N–H and O–H groups in total. The third kappa shape index (κ3) is 2.69. The summed E-state index contributed by atoms with van der Waals surface area (Å²) in [6.45, 7) is 1.97. The fourth-order valence-electron chi connectivity index (χ4n) is 3.25. The number of hydrogen-bond acceptors (Lipinski definition) is 7. The Bertz CT molecular complexity index is 919. The average molecular weight is 366 g/mol. The molecule has 1 fully saturated rings. The second kappa shape index (κ2) is 6.39. The van der Waals surface area contributed by atoms with E-state index in [0.717, 1.165) is 10.5 Å². The summed E-state index contributed by atoms with van der Waals surface area (Å²) in [5.41, 5.74) is 2.18. The molecule has 2 amide bonds. The number of benzene rings is 2. The molecule has 0 unspecified atom stereocenters. The molecule has 0 aliphatic carbocycles. The van der Waals surface area contributed by atoms with E-state index in [-0.39, 0.29) is 5.91 Å². The highest BCUT2D eigenvalue weighted by atomic mass is 16.5. The molecule has 2 aromatic rings. The Labute approximate surface area is 156 Å². The second-order valence-corrected chi connectivity index (χ2v) is 6.36. The van der Waals surface area contributed by atoms with Crippen LogP contribution in [0.15, 0.2) is 52.8 Å². The molecular formula is C19H18N4O4. The fourth-order valence-corrected chi connectivity index (χ4v) is 3.25. The van der Waals surface area contributed by atoms with Crippen molar-refractivity contribution in [1.82, 2.24) is 0 Å². The molecular weight excluding hydrogens is 348 g/mol. The standard InChI is InChI=1S/C19H18N4O4/c1-11-4-6-12(7-5-11)23-17-16(20-21-23)18(24)22(19(17)25)13-8-14(26-2)10-15(9-13)27-3/h4-10,16-17H,1-3H3/t16-,17+/m1/s1. The van der Waals surface area contributed by atoms with Gasteiger partial charge in [0, 0.05) is 18.2 Å². The van der Waals surface area contributed by atoms with Gasteiger partial charge in [-0.25, -0.2) is 9.91 Å². The minimum Gasteiger partial charge on any atom is -0.497 e. The van der Waals surface area contributed by atoms with E-state index in [9.17, 15) is 9.59 Å². The van der Waals surface area contributed by atoms with E-state index in [4.69, 9.17) is 9.47 Å². The summed E-state index contributed by atoms with van der Waals surface area (Å²) in [5, 5.41) is 9.61. The quantitative estimate of drug-likeness (QED) is 0.777. The number of carbonyl (C=O) groups excluding carboxylic acids is 2. The molecule has 0 aromatic heterocycles. The van der Waals surface area contributed by atoms with Gasteiger partial charge in [-0.1, -0.05) is 22.9 Å². The number of rotatable bonds is 4. The smallest absolute Gasteiger partial charge is 0.263 e. The van der Waals surface area contributed by atoms with Gasteiger partial charge in [-0.2, -0.15) is 5.11 Å². The molecule has 1 saturated heterocycles. The first kappa shape index (κ1) is 17.0. The van der Waals surface area contributed by atoms with E-state index in [1.165, 1.54) is 19.2 Å². The Balaban J connectivity index is 1.71. The first-order valence-corrected chi connectivity index (χ1v) is 8.41. The van der Waals surface area contributed by atoms with Crippen molar-refractivity contribution in [3.63, 3.8) is 0 Å². The van der Waals surface area contributed by atoms with Crippen LogP contribution in [0, 0.1) is 6.92 Å². The number of fused-ring (bicyclic) bond motifs is 1. The van der Waals surface area contributed by atoms with E-state index >= 15 is 0 Å². The van der Waals surface area contributed by atoms with Crippen molar-refractivity contribution in [3.05, 3.63) is 48.0 Å². The summed E-state index contributed by atoms with van der Waals surface area (Å²) < 4.78 is 10.5. The van der Waals surface area contributed by atoms with Gasteiger partial charge in [0.2, 0.25) is 0 Å². The summed E-state index contributed by atoms with van der Waals surface area (Å²) in [5.74, 6) is 0.169. The number of carbonyl (C=O) groups is 2. The predicted molar refractivity (Wildman–Crippen MR) is 98.1 cm³/mol. The number of hydrogen-bond donors (Lipinski definition) is 0. The molecule has 2 aromatic carbocycles. The summed E-state index contributed by atoms with van der Waals surface area (Å²) in [6, 6.07) is 10.8. The molecule has 2 heterocycles. The molecule has 4 rings (SSSR count). The van der Waals surface area contributed by atoms with Crippen LogP contribution in [0.5, 0.6) is 11.5 Å². The summed E-state index contributed by atoms with van der Waals surface area (Å²) in [4.78, 5) is 27.1. The van der Waals surface area contributed by atoms with E-state index in [0.29, 0.717) is 22.9 Å². The highest BCUT2D eigenvalue weighted by Crippen LogP contribution is 2.37. The summed E-state index contributed by atoms with van der Waals surface area (Å²) >= 11 is 0. The Morgan fingerprint density at radius 1 is 0.889 bits per heavy atom. The molecule has 8 nitrogen and oxygen atoms in total. The molecule has 0 spiro atoms. The van der Waals surface area contributed by atoms with Gasteiger partial charge in [-0.05, 0) is 19.1 Å². The van der Waals surface area contributed by atoms with Crippen LogP contribution >= 0.6 is 0 Å². The lowest BCUT2D eigenvalue weighted by Gasteiger charge is -2.21. The number of amides is 2. The van der Waals surface area contributed by atoms with Gasteiger partial charge < -0.3 is 9.47 Å².